The molecule has 0 aliphatic heterocycles. The summed E-state index contributed by atoms with van der Waals surface area (Å²) in [6, 6.07) is 0. The molecule has 0 saturated heterocycles. The second-order valence-electron chi connectivity index (χ2n) is 2.59. The molecule has 0 fully saturated rings. The summed E-state index contributed by atoms with van der Waals surface area (Å²) in [5.74, 6) is -3.84. The van der Waals surface area contributed by atoms with Crippen molar-refractivity contribution < 1.29 is 32.5 Å². The van der Waals surface area contributed by atoms with Crippen LogP contribution >= 0.6 is 0 Å². The molecule has 0 heterocycles. The molecular weight excluding hydrogens is 205 g/mol. The normalized spacial score (nSPS) is 16.4. The van der Waals surface area contributed by atoms with Gasteiger partial charge in [-0.1, -0.05) is 0 Å². The van der Waals surface area contributed by atoms with E-state index in [9.17, 15) is 18.0 Å². The number of ether oxygens (including phenoxy) is 2. The summed E-state index contributed by atoms with van der Waals surface area (Å²) in [6.45, 7) is 0.666. The first-order valence-electron chi connectivity index (χ1n) is 3.79. The Morgan fingerprint density at radius 1 is 1.36 bits per heavy atom. The van der Waals surface area contributed by atoms with E-state index in [1.54, 1.807) is 0 Å². The van der Waals surface area contributed by atoms with Gasteiger partial charge in [-0.05, 0) is 6.92 Å². The lowest BCUT2D eigenvalue weighted by molar-refractivity contribution is -0.272. The summed E-state index contributed by atoms with van der Waals surface area (Å²) in [4.78, 5) is 10.5. The van der Waals surface area contributed by atoms with Crippen molar-refractivity contribution >= 4 is 5.97 Å². The van der Waals surface area contributed by atoms with Gasteiger partial charge in [0.15, 0.2) is 0 Å². The average Bonchev–Trinajstić information content (AvgIpc) is 2.00. The molecule has 1 N–H and O–H groups in total. The Morgan fingerprint density at radius 2 is 1.86 bits per heavy atom. The van der Waals surface area contributed by atoms with E-state index in [2.05, 4.69) is 9.47 Å². The number of alkyl halides is 3. The summed E-state index contributed by atoms with van der Waals surface area (Å²) in [7, 11) is 0. The molecule has 4 nitrogen and oxygen atoms in total. The third-order valence-corrected chi connectivity index (χ3v) is 1.32. The Kier molecular flexibility index (Phi) is 4.34. The molecule has 0 spiro atoms. The van der Waals surface area contributed by atoms with Gasteiger partial charge in [-0.15, -0.1) is 0 Å². The molecular formula is C7H11F3O4. The van der Waals surface area contributed by atoms with E-state index >= 15 is 0 Å². The lowest BCUT2D eigenvalue weighted by atomic mass is 10.3. The molecule has 0 aliphatic carbocycles. The lowest BCUT2D eigenvalue weighted by Crippen LogP contribution is -2.43. The minimum atomic E-state index is -4.58. The zero-order valence-electron chi connectivity index (χ0n) is 7.72. The van der Waals surface area contributed by atoms with E-state index in [4.69, 9.17) is 5.11 Å². The number of halogens is 3. The van der Waals surface area contributed by atoms with Crippen LogP contribution in [0.3, 0.4) is 0 Å². The topological polar surface area (TPSA) is 55.8 Å². The van der Waals surface area contributed by atoms with Gasteiger partial charge in [0.2, 0.25) is 0 Å². The van der Waals surface area contributed by atoms with Crippen LogP contribution in [0.25, 0.3) is 0 Å². The van der Waals surface area contributed by atoms with E-state index in [0.29, 0.717) is 0 Å². The molecule has 0 rings (SSSR count). The summed E-state index contributed by atoms with van der Waals surface area (Å²) in [5.41, 5.74) is 0. The highest BCUT2D eigenvalue weighted by Gasteiger charge is 2.40. The van der Waals surface area contributed by atoms with Crippen LogP contribution in [0, 0.1) is 0 Å². The van der Waals surface area contributed by atoms with Crippen molar-refractivity contribution in [1.29, 1.82) is 0 Å². The largest absolute Gasteiger partial charge is 0.477 e. The zero-order chi connectivity index (χ0) is 11.4. The van der Waals surface area contributed by atoms with Gasteiger partial charge < -0.3 is 14.6 Å². The molecule has 14 heavy (non-hydrogen) atoms. The molecule has 1 atom stereocenters. The third-order valence-electron chi connectivity index (χ3n) is 1.32. The second kappa shape index (κ2) is 4.61. The van der Waals surface area contributed by atoms with Gasteiger partial charge in [0.05, 0.1) is 0 Å². The van der Waals surface area contributed by atoms with E-state index in [1.807, 2.05) is 0 Å². The highest BCUT2D eigenvalue weighted by Crippen LogP contribution is 2.20. The Labute approximate surface area is 78.6 Å². The molecule has 84 valence electrons. The van der Waals surface area contributed by atoms with Crippen molar-refractivity contribution in [2.75, 3.05) is 13.2 Å². The Balaban J connectivity index is 4.31. The van der Waals surface area contributed by atoms with Gasteiger partial charge in [0, 0.05) is 13.5 Å². The molecule has 1 unspecified atom stereocenters. The standard InChI is InChI=1S/C7H11F3O4/c1-3-13-6(2,5(11)12)14-4-7(8,9)10/h3-4H2,1-2H3,(H,11,12). The maximum atomic E-state index is 11.7. The maximum Gasteiger partial charge on any atom is 0.411 e. The first kappa shape index (κ1) is 13.2. The molecule has 7 heteroatoms. The van der Waals surface area contributed by atoms with Crippen LogP contribution in [0.5, 0.6) is 0 Å². The zero-order valence-corrected chi connectivity index (χ0v) is 7.72. The van der Waals surface area contributed by atoms with Gasteiger partial charge in [0.1, 0.15) is 6.61 Å². The highest BCUT2D eigenvalue weighted by molar-refractivity contribution is 5.75. The SMILES string of the molecule is CCOC(C)(OCC(F)(F)F)C(=O)O. The first-order chi connectivity index (χ1) is 6.21. The van der Waals surface area contributed by atoms with Gasteiger partial charge in [-0.2, -0.15) is 13.2 Å². The highest BCUT2D eigenvalue weighted by atomic mass is 19.4. The smallest absolute Gasteiger partial charge is 0.411 e. The van der Waals surface area contributed by atoms with Gasteiger partial charge in [-0.25, -0.2) is 4.79 Å². The molecule has 0 aromatic carbocycles. The molecule has 0 radical (unpaired) electrons. The Bertz CT molecular complexity index is 204. The van der Waals surface area contributed by atoms with Crippen molar-refractivity contribution in [1.82, 2.24) is 0 Å². The summed E-state index contributed by atoms with van der Waals surface area (Å²) in [5, 5.41) is 8.54. The molecule has 0 amide bonds. The van der Waals surface area contributed by atoms with Crippen LogP contribution in [0.1, 0.15) is 13.8 Å². The minimum Gasteiger partial charge on any atom is -0.477 e. The Morgan fingerprint density at radius 3 is 2.14 bits per heavy atom. The van der Waals surface area contributed by atoms with Crippen molar-refractivity contribution in [3.8, 4) is 0 Å². The monoisotopic (exact) mass is 216 g/mol. The first-order valence-corrected chi connectivity index (χ1v) is 3.79. The van der Waals surface area contributed by atoms with E-state index in [-0.39, 0.29) is 6.61 Å². The van der Waals surface area contributed by atoms with Crippen molar-refractivity contribution in [3.05, 3.63) is 0 Å². The fourth-order valence-corrected chi connectivity index (χ4v) is 0.660. The lowest BCUT2D eigenvalue weighted by Gasteiger charge is -2.25. The molecule has 0 aromatic rings. The number of carbonyl (C=O) groups is 1. The van der Waals surface area contributed by atoms with Crippen LogP contribution in [0.15, 0.2) is 0 Å². The van der Waals surface area contributed by atoms with Crippen molar-refractivity contribution in [3.63, 3.8) is 0 Å². The maximum absolute atomic E-state index is 11.7. The summed E-state index contributed by atoms with van der Waals surface area (Å²) < 4.78 is 43.9. The minimum absolute atomic E-state index is 0.0549. The van der Waals surface area contributed by atoms with Crippen LogP contribution in [-0.2, 0) is 14.3 Å². The number of aliphatic carboxylic acids is 1. The fraction of sp³-hybridized carbons (Fsp3) is 0.857. The molecule has 0 aliphatic rings. The molecule has 0 bridgehead atoms. The molecule has 0 aromatic heterocycles. The summed E-state index contributed by atoms with van der Waals surface area (Å²) >= 11 is 0. The van der Waals surface area contributed by atoms with Crippen LogP contribution in [-0.4, -0.2) is 36.3 Å². The predicted molar refractivity (Wildman–Crippen MR) is 39.7 cm³/mol. The number of hydrogen-bond donors (Lipinski definition) is 1. The van der Waals surface area contributed by atoms with Gasteiger partial charge >= 0.3 is 12.1 Å². The number of hydrogen-bond acceptors (Lipinski definition) is 3. The predicted octanol–water partition coefficient (Wildman–Crippen LogP) is 1.40. The third kappa shape index (κ3) is 4.43. The van der Waals surface area contributed by atoms with Crippen molar-refractivity contribution in [2.45, 2.75) is 25.8 Å². The molecule has 0 saturated carbocycles. The second-order valence-corrected chi connectivity index (χ2v) is 2.59. The quantitative estimate of drug-likeness (QED) is 0.706. The Hall–Kier alpha value is -0.820. The number of carboxylic acid groups (broad SMARTS) is 1. The fourth-order valence-electron chi connectivity index (χ4n) is 0.660. The van der Waals surface area contributed by atoms with E-state index in [0.717, 1.165) is 6.92 Å². The van der Waals surface area contributed by atoms with E-state index in [1.165, 1.54) is 6.92 Å². The van der Waals surface area contributed by atoms with E-state index < -0.39 is 24.5 Å². The van der Waals surface area contributed by atoms with Crippen LogP contribution < -0.4 is 0 Å². The van der Waals surface area contributed by atoms with Crippen LogP contribution in [0.2, 0.25) is 0 Å². The van der Waals surface area contributed by atoms with Gasteiger partial charge in [0.25, 0.3) is 5.79 Å². The number of carboxylic acids is 1. The van der Waals surface area contributed by atoms with Crippen LogP contribution in [0.4, 0.5) is 13.2 Å². The number of rotatable bonds is 5. The summed E-state index contributed by atoms with van der Waals surface area (Å²) in [6.07, 6.45) is -4.58. The van der Waals surface area contributed by atoms with Gasteiger partial charge in [-0.3, -0.25) is 0 Å². The average molecular weight is 216 g/mol. The van der Waals surface area contributed by atoms with Crippen molar-refractivity contribution in [2.24, 2.45) is 0 Å².